The van der Waals surface area contributed by atoms with Gasteiger partial charge in [0.05, 0.1) is 18.5 Å². The van der Waals surface area contributed by atoms with Gasteiger partial charge in [0.15, 0.2) is 0 Å². The van der Waals surface area contributed by atoms with Gasteiger partial charge in [0.2, 0.25) is 0 Å². The summed E-state index contributed by atoms with van der Waals surface area (Å²) in [5, 5.41) is 10.6. The van der Waals surface area contributed by atoms with Crippen LogP contribution in [-0.2, 0) is 27.3 Å². The summed E-state index contributed by atoms with van der Waals surface area (Å²) in [6.45, 7) is 0. The van der Waals surface area contributed by atoms with Crippen LogP contribution < -0.4 is 10.2 Å². The van der Waals surface area contributed by atoms with Gasteiger partial charge in [-0.15, -0.1) is 0 Å². The van der Waals surface area contributed by atoms with E-state index in [9.17, 15) is 19.7 Å². The molecule has 1 N–H and O–H groups in total. The predicted molar refractivity (Wildman–Crippen MR) is 97.0 cm³/mol. The van der Waals surface area contributed by atoms with Gasteiger partial charge in [0.25, 0.3) is 11.6 Å². The highest BCUT2D eigenvalue weighted by molar-refractivity contribution is 5.78. The van der Waals surface area contributed by atoms with E-state index in [0.717, 1.165) is 16.9 Å². The van der Waals surface area contributed by atoms with Gasteiger partial charge in [-0.1, -0.05) is 24.3 Å². The monoisotopic (exact) mass is 372 g/mol. The zero-order valence-electron chi connectivity index (χ0n) is 14.8. The Hall–Kier alpha value is -3.42. The Balaban J connectivity index is 1.66. The molecule has 0 fully saturated rings. The first-order chi connectivity index (χ1) is 13.0. The number of ether oxygens (including phenoxy) is 1. The highest BCUT2D eigenvalue weighted by Gasteiger charge is 2.09. The summed E-state index contributed by atoms with van der Waals surface area (Å²) in [5.74, 6) is -0.231. The fraction of sp³-hybridized carbons (Fsp3) is 0.263. The van der Waals surface area contributed by atoms with E-state index >= 15 is 0 Å². The normalized spacial score (nSPS) is 10.1. The second kappa shape index (κ2) is 9.91. The van der Waals surface area contributed by atoms with E-state index in [-0.39, 0.29) is 18.5 Å². The molecule has 0 spiro atoms. The average molecular weight is 372 g/mol. The lowest BCUT2D eigenvalue weighted by atomic mass is 10.1. The van der Waals surface area contributed by atoms with Crippen LogP contribution in [0.4, 0.5) is 5.69 Å². The molecule has 0 saturated carbocycles. The molecule has 2 aromatic rings. The molecule has 8 heteroatoms. The summed E-state index contributed by atoms with van der Waals surface area (Å²) < 4.78 is 5.06. The molecule has 8 nitrogen and oxygen atoms in total. The summed E-state index contributed by atoms with van der Waals surface area (Å²) in [6.07, 6.45) is 1.10. The van der Waals surface area contributed by atoms with Crippen LogP contribution in [0, 0.1) is 10.1 Å². The van der Waals surface area contributed by atoms with Gasteiger partial charge >= 0.3 is 5.97 Å². The van der Waals surface area contributed by atoms with Crippen molar-refractivity contribution in [3.8, 4) is 5.75 Å². The Morgan fingerprint density at radius 1 is 0.963 bits per heavy atom. The minimum Gasteiger partial charge on any atom is -0.497 e. The third-order valence-electron chi connectivity index (χ3n) is 3.84. The molecule has 2 aromatic carbocycles. The van der Waals surface area contributed by atoms with Crippen LogP contribution in [0.25, 0.3) is 0 Å². The molecule has 0 aliphatic heterocycles. The lowest BCUT2D eigenvalue weighted by Gasteiger charge is -2.06. The van der Waals surface area contributed by atoms with E-state index in [4.69, 9.17) is 9.57 Å². The molecule has 0 bridgehead atoms. The number of nitro groups is 1. The van der Waals surface area contributed by atoms with Crippen molar-refractivity contribution in [1.29, 1.82) is 0 Å². The van der Waals surface area contributed by atoms with Gasteiger partial charge in [-0.2, -0.15) is 5.48 Å². The standard InChI is InChI=1S/C19H20N2O6/c1-26-17-10-4-15(5-11-17)6-12-18(22)20-27-19(23)13-7-14-2-8-16(9-3-14)21(24)25/h2-5,8-11H,6-7,12-13H2,1H3,(H,20,22). The highest BCUT2D eigenvalue weighted by Crippen LogP contribution is 2.14. The average Bonchev–Trinajstić information content (AvgIpc) is 2.69. The van der Waals surface area contributed by atoms with Gasteiger partial charge in [-0.05, 0) is 36.1 Å². The molecule has 142 valence electrons. The number of hydrogen-bond donors (Lipinski definition) is 1. The van der Waals surface area contributed by atoms with Crippen LogP contribution in [-0.4, -0.2) is 23.9 Å². The second-order valence-corrected chi connectivity index (χ2v) is 5.77. The van der Waals surface area contributed by atoms with Gasteiger partial charge in [-0.25, -0.2) is 4.79 Å². The number of hydrogen-bond acceptors (Lipinski definition) is 6. The number of nitro benzene ring substituents is 1. The number of amides is 1. The molecule has 0 atom stereocenters. The summed E-state index contributed by atoms with van der Waals surface area (Å²) >= 11 is 0. The maximum absolute atomic E-state index is 11.7. The van der Waals surface area contributed by atoms with E-state index < -0.39 is 16.8 Å². The molecule has 1 amide bonds. The number of nitrogens with one attached hydrogen (secondary N) is 1. The number of aryl methyl sites for hydroxylation is 2. The topological polar surface area (TPSA) is 108 Å². The Morgan fingerprint density at radius 2 is 1.52 bits per heavy atom. The Labute approximate surface area is 156 Å². The minimum atomic E-state index is -0.578. The number of carbonyl (C=O) groups excluding carboxylic acids is 2. The highest BCUT2D eigenvalue weighted by atomic mass is 16.7. The van der Waals surface area contributed by atoms with Crippen LogP contribution in [0.2, 0.25) is 0 Å². The fourth-order valence-electron chi connectivity index (χ4n) is 2.30. The summed E-state index contributed by atoms with van der Waals surface area (Å²) in [6, 6.07) is 13.3. The smallest absolute Gasteiger partial charge is 0.332 e. The lowest BCUT2D eigenvalue weighted by Crippen LogP contribution is -2.27. The van der Waals surface area contributed by atoms with E-state index in [1.165, 1.54) is 12.1 Å². The summed E-state index contributed by atoms with van der Waals surface area (Å²) in [7, 11) is 1.58. The van der Waals surface area contributed by atoms with Crippen LogP contribution in [0.3, 0.4) is 0 Å². The van der Waals surface area contributed by atoms with E-state index in [1.54, 1.807) is 19.2 Å². The van der Waals surface area contributed by atoms with Gasteiger partial charge in [0.1, 0.15) is 5.75 Å². The molecule has 0 aliphatic carbocycles. The largest absolute Gasteiger partial charge is 0.497 e. The summed E-state index contributed by atoms with van der Waals surface area (Å²) in [5.41, 5.74) is 3.86. The van der Waals surface area contributed by atoms with Crippen molar-refractivity contribution in [3.63, 3.8) is 0 Å². The Bertz CT molecular complexity index is 787. The summed E-state index contributed by atoms with van der Waals surface area (Å²) in [4.78, 5) is 38.3. The van der Waals surface area contributed by atoms with Gasteiger partial charge in [0, 0.05) is 18.6 Å². The molecule has 2 rings (SSSR count). The molecule has 0 radical (unpaired) electrons. The molecule has 0 unspecified atom stereocenters. The first kappa shape index (κ1) is 19.9. The van der Waals surface area contributed by atoms with Crippen molar-refractivity contribution < 1.29 is 24.1 Å². The van der Waals surface area contributed by atoms with Crippen LogP contribution in [0.1, 0.15) is 24.0 Å². The maximum atomic E-state index is 11.7. The number of nitrogens with zero attached hydrogens (tertiary/aromatic N) is 1. The quantitative estimate of drug-likeness (QED) is 0.564. The first-order valence-electron chi connectivity index (χ1n) is 8.32. The number of hydroxylamine groups is 1. The first-order valence-corrected chi connectivity index (χ1v) is 8.32. The van der Waals surface area contributed by atoms with Crippen LogP contribution in [0.15, 0.2) is 48.5 Å². The third-order valence-corrected chi connectivity index (χ3v) is 3.84. The number of rotatable bonds is 8. The van der Waals surface area contributed by atoms with Gasteiger partial charge < -0.3 is 9.57 Å². The molecule has 27 heavy (non-hydrogen) atoms. The van der Waals surface area contributed by atoms with Crippen molar-refractivity contribution in [2.75, 3.05) is 7.11 Å². The number of benzene rings is 2. The molecule has 0 aliphatic rings. The molecular weight excluding hydrogens is 352 g/mol. The Morgan fingerprint density at radius 3 is 2.07 bits per heavy atom. The second-order valence-electron chi connectivity index (χ2n) is 5.77. The Kier molecular flexibility index (Phi) is 7.30. The van der Waals surface area contributed by atoms with E-state index in [0.29, 0.717) is 12.8 Å². The van der Waals surface area contributed by atoms with Crippen molar-refractivity contribution >= 4 is 17.6 Å². The van der Waals surface area contributed by atoms with Crippen molar-refractivity contribution in [1.82, 2.24) is 5.48 Å². The van der Waals surface area contributed by atoms with Gasteiger partial charge in [-0.3, -0.25) is 14.9 Å². The van der Waals surface area contributed by atoms with E-state index in [2.05, 4.69) is 5.48 Å². The molecule has 0 heterocycles. The molecular formula is C19H20N2O6. The van der Waals surface area contributed by atoms with Crippen molar-refractivity contribution in [2.24, 2.45) is 0 Å². The zero-order chi connectivity index (χ0) is 19.6. The fourth-order valence-corrected chi connectivity index (χ4v) is 2.30. The van der Waals surface area contributed by atoms with Crippen LogP contribution >= 0.6 is 0 Å². The van der Waals surface area contributed by atoms with Crippen molar-refractivity contribution in [3.05, 3.63) is 69.8 Å². The number of non-ortho nitro benzene ring substituents is 1. The zero-order valence-corrected chi connectivity index (χ0v) is 14.8. The molecule has 0 saturated heterocycles. The number of carbonyl (C=O) groups is 2. The minimum absolute atomic E-state index is 0.00884. The van der Waals surface area contributed by atoms with E-state index in [1.807, 2.05) is 24.3 Å². The SMILES string of the molecule is COc1ccc(CCC(=O)NOC(=O)CCc2ccc([N+](=O)[O-])cc2)cc1. The molecule has 0 aromatic heterocycles. The third kappa shape index (κ3) is 6.77. The van der Waals surface area contributed by atoms with Crippen molar-refractivity contribution in [2.45, 2.75) is 25.7 Å². The maximum Gasteiger partial charge on any atom is 0.332 e. The predicted octanol–water partition coefficient (Wildman–Crippen LogP) is 2.74. The lowest BCUT2D eigenvalue weighted by molar-refractivity contribution is -0.384. The number of methoxy groups -OCH3 is 1. The van der Waals surface area contributed by atoms with Crippen LogP contribution in [0.5, 0.6) is 5.75 Å².